The third kappa shape index (κ3) is 2.60. The summed E-state index contributed by atoms with van der Waals surface area (Å²) < 4.78 is 0. The second-order valence-electron chi connectivity index (χ2n) is 2.15. The van der Waals surface area contributed by atoms with Crippen LogP contribution in [0.25, 0.3) is 0 Å². The van der Waals surface area contributed by atoms with Crippen LogP contribution in [0.4, 0.5) is 0 Å². The summed E-state index contributed by atoms with van der Waals surface area (Å²) in [7, 11) is 0. The first-order valence-corrected chi connectivity index (χ1v) is 3.49. The normalized spacial score (nSPS) is 14.7. The molecule has 0 saturated heterocycles. The number of rotatable bonds is 2. The minimum Gasteiger partial charge on any atom is -0.401 e. The highest BCUT2D eigenvalue weighted by molar-refractivity contribution is 6.34. The van der Waals surface area contributed by atoms with Crippen LogP contribution in [0.3, 0.4) is 0 Å². The summed E-state index contributed by atoms with van der Waals surface area (Å²) in [4.78, 5) is 11.0. The maximum atomic E-state index is 11.0. The Labute approximate surface area is 70.4 Å². The molecule has 1 unspecified atom stereocenters. The van der Waals surface area contributed by atoms with E-state index >= 15 is 0 Å². The second-order valence-corrected chi connectivity index (χ2v) is 2.80. The largest absolute Gasteiger partial charge is 0.401 e. The molecule has 2 N–H and O–H groups in total. The predicted octanol–water partition coefficient (Wildman–Crippen LogP) is 0.939. The van der Waals surface area contributed by atoms with E-state index in [0.717, 1.165) is 0 Å². The van der Waals surface area contributed by atoms with E-state index in [9.17, 15) is 4.79 Å². The maximum Gasteiger partial charge on any atom is 0.192 e. The average molecular weight is 173 g/mol. The highest BCUT2D eigenvalue weighted by Gasteiger charge is 2.16. The average Bonchev–Trinajstić information content (AvgIpc) is 1.88. The molecule has 0 fully saturated rings. The van der Waals surface area contributed by atoms with Crippen LogP contribution in [0.5, 0.6) is 0 Å². The lowest BCUT2D eigenvalue weighted by Gasteiger charge is -2.00. The number of hydrogen-bond acceptors (Lipinski definition) is 3. The van der Waals surface area contributed by atoms with Gasteiger partial charge < -0.3 is 5.73 Å². The van der Waals surface area contributed by atoms with Gasteiger partial charge in [0.2, 0.25) is 0 Å². The Morgan fingerprint density at radius 3 is 2.27 bits per heavy atom. The third-order valence-corrected chi connectivity index (χ3v) is 1.31. The summed E-state index contributed by atoms with van der Waals surface area (Å²) in [5, 5.41) is 7.76. The lowest BCUT2D eigenvalue weighted by molar-refractivity contribution is -0.114. The number of allylic oxidation sites excluding steroid dienone is 2. The first-order chi connectivity index (χ1) is 5.00. The van der Waals surface area contributed by atoms with Gasteiger partial charge in [0.25, 0.3) is 0 Å². The molecule has 4 heteroatoms. The Balaban J connectivity index is 4.73. The summed E-state index contributed by atoms with van der Waals surface area (Å²) in [6, 6.07) is 1.70. The second kappa shape index (κ2) is 3.99. The van der Waals surface area contributed by atoms with Crippen LogP contribution in [0.1, 0.15) is 13.8 Å². The summed E-state index contributed by atoms with van der Waals surface area (Å²) in [5.41, 5.74) is 5.43. The van der Waals surface area contributed by atoms with Crippen LogP contribution < -0.4 is 5.73 Å². The molecule has 0 bridgehead atoms. The zero-order valence-electron chi connectivity index (χ0n) is 6.39. The van der Waals surface area contributed by atoms with Gasteiger partial charge in [0.05, 0.1) is 5.38 Å². The predicted molar refractivity (Wildman–Crippen MR) is 42.8 cm³/mol. The number of hydrogen-bond donors (Lipinski definition) is 1. The topological polar surface area (TPSA) is 66.9 Å². The summed E-state index contributed by atoms with van der Waals surface area (Å²) in [5.74, 6) is -0.422. The minimum absolute atomic E-state index is 0.0486. The van der Waals surface area contributed by atoms with Gasteiger partial charge in [0, 0.05) is 5.70 Å². The molecular formula is C7H9ClN2O. The number of nitriles is 1. The highest BCUT2D eigenvalue weighted by atomic mass is 35.5. The molecule has 0 aromatic heterocycles. The van der Waals surface area contributed by atoms with Gasteiger partial charge in [-0.1, -0.05) is 0 Å². The summed E-state index contributed by atoms with van der Waals surface area (Å²) in [6.07, 6.45) is 0. The number of ketones is 1. The number of halogens is 1. The van der Waals surface area contributed by atoms with Crippen LogP contribution in [0.15, 0.2) is 11.3 Å². The van der Waals surface area contributed by atoms with Crippen molar-refractivity contribution in [2.45, 2.75) is 19.2 Å². The number of nitrogens with zero attached hydrogens (tertiary/aromatic N) is 1. The molecular weight excluding hydrogens is 164 g/mol. The van der Waals surface area contributed by atoms with E-state index in [1.807, 2.05) is 0 Å². The smallest absolute Gasteiger partial charge is 0.192 e. The lowest BCUT2D eigenvalue weighted by Crippen LogP contribution is -2.15. The number of nitrogens with two attached hydrogens (primary N) is 1. The Bertz CT molecular complexity index is 233. The Morgan fingerprint density at radius 1 is 1.73 bits per heavy atom. The van der Waals surface area contributed by atoms with Gasteiger partial charge >= 0.3 is 0 Å². The van der Waals surface area contributed by atoms with E-state index in [0.29, 0.717) is 0 Å². The fraction of sp³-hybridized carbons (Fsp3) is 0.429. The van der Waals surface area contributed by atoms with Crippen LogP contribution in [-0.4, -0.2) is 11.2 Å². The molecule has 0 aliphatic rings. The van der Waals surface area contributed by atoms with Crippen molar-refractivity contribution in [1.29, 1.82) is 5.26 Å². The van der Waals surface area contributed by atoms with Crippen LogP contribution in [0.2, 0.25) is 0 Å². The number of carbonyl (C=O) groups is 1. The standard InChI is InChI=1S/C7H9ClN2O/c1-4(8)7(11)6(3-9)5(2)10/h4H,10H2,1-2H3. The monoisotopic (exact) mass is 172 g/mol. The van der Waals surface area contributed by atoms with E-state index in [2.05, 4.69) is 0 Å². The molecule has 60 valence electrons. The first kappa shape index (κ1) is 9.99. The number of carbonyl (C=O) groups excluding carboxylic acids is 1. The molecule has 0 aromatic carbocycles. The number of Topliss-reactive ketones (excluding diaryl/α,β-unsaturated/α-hetero) is 1. The SMILES string of the molecule is CC(N)=C(C#N)C(=O)C(C)Cl. The van der Waals surface area contributed by atoms with E-state index in [4.69, 9.17) is 22.6 Å². The molecule has 0 aliphatic heterocycles. The molecule has 0 spiro atoms. The molecule has 0 aliphatic carbocycles. The molecule has 0 saturated carbocycles. The van der Waals surface area contributed by atoms with Gasteiger partial charge in [-0.25, -0.2) is 0 Å². The van der Waals surface area contributed by atoms with Crippen molar-refractivity contribution in [2.75, 3.05) is 0 Å². The molecule has 3 nitrogen and oxygen atoms in total. The van der Waals surface area contributed by atoms with Crippen LogP contribution >= 0.6 is 11.6 Å². The van der Waals surface area contributed by atoms with Crippen molar-refractivity contribution in [1.82, 2.24) is 0 Å². The van der Waals surface area contributed by atoms with Gasteiger partial charge in [-0.3, -0.25) is 4.79 Å². The van der Waals surface area contributed by atoms with E-state index < -0.39 is 11.2 Å². The Kier molecular flexibility index (Phi) is 3.63. The van der Waals surface area contributed by atoms with E-state index in [1.54, 1.807) is 6.07 Å². The van der Waals surface area contributed by atoms with Crippen LogP contribution in [0, 0.1) is 11.3 Å². The molecule has 0 radical (unpaired) electrons. The quantitative estimate of drug-likeness (QED) is 0.383. The molecule has 11 heavy (non-hydrogen) atoms. The lowest BCUT2D eigenvalue weighted by atomic mass is 10.1. The Hall–Kier alpha value is -1.01. The van der Waals surface area contributed by atoms with Gasteiger partial charge in [-0.2, -0.15) is 5.26 Å². The third-order valence-electron chi connectivity index (χ3n) is 1.11. The summed E-state index contributed by atoms with van der Waals surface area (Å²) >= 11 is 5.46. The van der Waals surface area contributed by atoms with Gasteiger partial charge in [-0.15, -0.1) is 11.6 Å². The van der Waals surface area contributed by atoms with Crippen molar-refractivity contribution in [2.24, 2.45) is 5.73 Å². The zero-order valence-corrected chi connectivity index (χ0v) is 7.14. The molecule has 1 atom stereocenters. The number of alkyl halides is 1. The summed E-state index contributed by atoms with van der Waals surface area (Å²) in [6.45, 7) is 3.00. The fourth-order valence-electron chi connectivity index (χ4n) is 0.536. The highest BCUT2D eigenvalue weighted by Crippen LogP contribution is 2.06. The van der Waals surface area contributed by atoms with E-state index in [1.165, 1.54) is 13.8 Å². The molecule has 0 heterocycles. The molecule has 0 rings (SSSR count). The van der Waals surface area contributed by atoms with Crippen molar-refractivity contribution in [3.05, 3.63) is 11.3 Å². The minimum atomic E-state index is -0.692. The maximum absolute atomic E-state index is 11.0. The molecule has 0 amide bonds. The van der Waals surface area contributed by atoms with Crippen molar-refractivity contribution in [3.8, 4) is 6.07 Å². The van der Waals surface area contributed by atoms with Crippen molar-refractivity contribution in [3.63, 3.8) is 0 Å². The van der Waals surface area contributed by atoms with Gasteiger partial charge in [0.1, 0.15) is 11.6 Å². The Morgan fingerprint density at radius 2 is 2.18 bits per heavy atom. The van der Waals surface area contributed by atoms with Gasteiger partial charge in [0.15, 0.2) is 5.78 Å². The molecule has 0 aromatic rings. The van der Waals surface area contributed by atoms with Crippen molar-refractivity contribution >= 4 is 17.4 Å². The van der Waals surface area contributed by atoms with Gasteiger partial charge in [-0.05, 0) is 13.8 Å². The zero-order chi connectivity index (χ0) is 9.02. The van der Waals surface area contributed by atoms with E-state index in [-0.39, 0.29) is 11.3 Å². The van der Waals surface area contributed by atoms with Crippen molar-refractivity contribution < 1.29 is 4.79 Å². The first-order valence-electron chi connectivity index (χ1n) is 3.05. The van der Waals surface area contributed by atoms with Crippen LogP contribution in [-0.2, 0) is 4.79 Å². The fourth-order valence-corrected chi connectivity index (χ4v) is 0.646.